The first kappa shape index (κ1) is 10.5. The van der Waals surface area contributed by atoms with Crippen LogP contribution in [0, 0.1) is 0 Å². The lowest BCUT2D eigenvalue weighted by molar-refractivity contribution is 0.448. The van der Waals surface area contributed by atoms with Crippen LogP contribution in [0.15, 0.2) is 0 Å². The second kappa shape index (κ2) is 3.26. The molecule has 0 aromatic carbocycles. The molecule has 0 aromatic rings. The fourth-order valence-electron chi connectivity index (χ4n) is 0.515. The monoisotopic (exact) mass is 184 g/mol. The molecule has 2 atom stereocenters. The summed E-state index contributed by atoms with van der Waals surface area (Å²) in [4.78, 5) is -1.52. The molecule has 0 bridgehead atoms. The van der Waals surface area contributed by atoms with Gasteiger partial charge in [0.05, 0.1) is 4.87 Å². The van der Waals surface area contributed by atoms with E-state index in [9.17, 15) is 0 Å². The molecule has 62 valence electrons. The van der Waals surface area contributed by atoms with Crippen LogP contribution >= 0.6 is 23.2 Å². The molecule has 10 heavy (non-hydrogen) atoms. The van der Waals surface area contributed by atoms with Crippen molar-refractivity contribution in [1.82, 2.24) is 0 Å². The van der Waals surface area contributed by atoms with Crippen molar-refractivity contribution in [3.05, 3.63) is 0 Å². The summed E-state index contributed by atoms with van der Waals surface area (Å²) in [7, 11) is 0. The van der Waals surface area contributed by atoms with Crippen LogP contribution < -0.4 is 11.5 Å². The smallest absolute Gasteiger partial charge is 0.107 e. The van der Waals surface area contributed by atoms with Crippen LogP contribution in [0.25, 0.3) is 0 Å². The number of hydrogen-bond acceptors (Lipinski definition) is 2. The summed E-state index contributed by atoms with van der Waals surface area (Å²) in [5.41, 5.74) is 10.9. The van der Waals surface area contributed by atoms with E-state index >= 15 is 0 Å². The molecule has 0 saturated heterocycles. The Morgan fingerprint density at radius 3 is 1.80 bits per heavy atom. The molecule has 4 heteroatoms. The van der Waals surface area contributed by atoms with Gasteiger partial charge in [-0.1, -0.05) is 0 Å². The Kier molecular flexibility index (Phi) is 3.43. The van der Waals surface area contributed by atoms with Crippen LogP contribution in [0.2, 0.25) is 0 Å². The lowest BCUT2D eigenvalue weighted by Gasteiger charge is -2.33. The summed E-state index contributed by atoms with van der Waals surface area (Å²) in [6, 6.07) is 0. The van der Waals surface area contributed by atoms with Gasteiger partial charge in [0.15, 0.2) is 0 Å². The number of alkyl halides is 2. The average molecular weight is 185 g/mol. The fraction of sp³-hybridized carbons (Fsp3) is 1.00. The Morgan fingerprint density at radius 1 is 1.30 bits per heavy atom. The maximum Gasteiger partial charge on any atom is 0.107 e. The van der Waals surface area contributed by atoms with E-state index < -0.39 is 9.87 Å². The largest absolute Gasteiger partial charge is 0.330 e. The van der Waals surface area contributed by atoms with Crippen molar-refractivity contribution in [3.63, 3.8) is 0 Å². The van der Waals surface area contributed by atoms with Crippen molar-refractivity contribution >= 4 is 23.2 Å². The third kappa shape index (κ3) is 2.62. The molecule has 0 rings (SSSR count). The van der Waals surface area contributed by atoms with Gasteiger partial charge in [-0.05, 0) is 26.8 Å². The lowest BCUT2D eigenvalue weighted by atomic mass is 9.99. The van der Waals surface area contributed by atoms with E-state index in [2.05, 4.69) is 0 Å². The molecule has 4 N–H and O–H groups in total. The number of hydrogen-bond donors (Lipinski definition) is 2. The van der Waals surface area contributed by atoms with Gasteiger partial charge < -0.3 is 11.5 Å². The fourth-order valence-corrected chi connectivity index (χ4v) is 0.719. The Bertz CT molecular complexity index is 107. The van der Waals surface area contributed by atoms with Gasteiger partial charge in [-0.25, -0.2) is 0 Å². The van der Waals surface area contributed by atoms with Crippen LogP contribution in [-0.4, -0.2) is 16.4 Å². The molecule has 2 nitrogen and oxygen atoms in total. The Hall–Kier alpha value is 0.500. The van der Waals surface area contributed by atoms with Crippen molar-refractivity contribution in [1.29, 1.82) is 0 Å². The zero-order chi connectivity index (χ0) is 8.41. The predicted octanol–water partition coefficient (Wildman–Crippen LogP) is 1.25. The average Bonchev–Trinajstić information content (AvgIpc) is 1.61. The van der Waals surface area contributed by atoms with E-state index in [1.54, 1.807) is 13.8 Å². The first-order chi connectivity index (χ1) is 4.31. The van der Waals surface area contributed by atoms with Crippen LogP contribution in [0.4, 0.5) is 0 Å². The zero-order valence-electron chi connectivity index (χ0n) is 6.32. The van der Waals surface area contributed by atoms with Gasteiger partial charge >= 0.3 is 0 Å². The van der Waals surface area contributed by atoms with Gasteiger partial charge in [0.1, 0.15) is 5.00 Å². The van der Waals surface area contributed by atoms with Gasteiger partial charge in [0, 0.05) is 0 Å². The van der Waals surface area contributed by atoms with Crippen LogP contribution in [0.3, 0.4) is 0 Å². The van der Waals surface area contributed by atoms with Gasteiger partial charge in [0.25, 0.3) is 0 Å². The standard InChI is InChI=1S/C6H14Cl2N2/c1-5(7,3-4-9)6(2,8)10/h3-4,9-10H2,1-2H3. The summed E-state index contributed by atoms with van der Waals surface area (Å²) in [6.07, 6.45) is 0.616. The van der Waals surface area contributed by atoms with Gasteiger partial charge in [0.2, 0.25) is 0 Å². The van der Waals surface area contributed by atoms with E-state index in [1.807, 2.05) is 0 Å². The highest BCUT2D eigenvalue weighted by molar-refractivity contribution is 6.34. The number of rotatable bonds is 3. The molecular formula is C6H14Cl2N2. The summed E-state index contributed by atoms with van der Waals surface area (Å²) in [5.74, 6) is 0. The van der Waals surface area contributed by atoms with E-state index in [-0.39, 0.29) is 0 Å². The van der Waals surface area contributed by atoms with Crippen molar-refractivity contribution in [2.45, 2.75) is 30.1 Å². The number of halogens is 2. The summed E-state index contributed by atoms with van der Waals surface area (Å²) in [6.45, 7) is 3.96. The quantitative estimate of drug-likeness (QED) is 0.513. The van der Waals surface area contributed by atoms with Crippen molar-refractivity contribution < 1.29 is 0 Å². The summed E-state index contributed by atoms with van der Waals surface area (Å²) in [5, 5.41) is 0. The van der Waals surface area contributed by atoms with Crippen LogP contribution in [0.5, 0.6) is 0 Å². The highest BCUT2D eigenvalue weighted by Crippen LogP contribution is 2.32. The van der Waals surface area contributed by atoms with Crippen molar-refractivity contribution in [2.24, 2.45) is 11.5 Å². The molecule has 0 saturated carbocycles. The van der Waals surface area contributed by atoms with Gasteiger partial charge in [-0.3, -0.25) is 0 Å². The maximum absolute atomic E-state index is 5.98. The first-order valence-corrected chi connectivity index (χ1v) is 3.93. The summed E-state index contributed by atoms with van der Waals surface area (Å²) >= 11 is 11.8. The second-order valence-electron chi connectivity index (χ2n) is 2.81. The molecule has 0 radical (unpaired) electrons. The molecular weight excluding hydrogens is 171 g/mol. The summed E-state index contributed by atoms with van der Waals surface area (Å²) < 4.78 is 0. The highest BCUT2D eigenvalue weighted by atomic mass is 35.5. The van der Waals surface area contributed by atoms with Crippen LogP contribution in [-0.2, 0) is 0 Å². The van der Waals surface area contributed by atoms with Crippen molar-refractivity contribution in [3.8, 4) is 0 Å². The SMILES string of the molecule is CC(N)(Cl)C(C)(Cl)CCN. The normalized spacial score (nSPS) is 23.4. The molecule has 0 aliphatic carbocycles. The third-order valence-corrected chi connectivity index (χ3v) is 2.73. The number of nitrogens with two attached hydrogens (primary N) is 2. The Labute approximate surface area is 71.9 Å². The maximum atomic E-state index is 5.98. The van der Waals surface area contributed by atoms with Crippen molar-refractivity contribution in [2.75, 3.05) is 6.54 Å². The Morgan fingerprint density at radius 2 is 1.70 bits per heavy atom. The minimum atomic E-state index is -0.895. The van der Waals surface area contributed by atoms with E-state index in [4.69, 9.17) is 34.7 Å². The molecule has 0 fully saturated rings. The minimum Gasteiger partial charge on any atom is -0.330 e. The molecule has 0 aromatic heterocycles. The molecule has 0 aliphatic heterocycles. The van der Waals surface area contributed by atoms with E-state index in [1.165, 1.54) is 0 Å². The third-order valence-electron chi connectivity index (χ3n) is 1.63. The topological polar surface area (TPSA) is 52.0 Å². The van der Waals surface area contributed by atoms with Gasteiger partial charge in [-0.2, -0.15) is 0 Å². The molecule has 0 heterocycles. The predicted molar refractivity (Wildman–Crippen MR) is 46.4 cm³/mol. The lowest BCUT2D eigenvalue weighted by Crippen LogP contribution is -2.49. The molecule has 0 spiro atoms. The molecule has 2 unspecified atom stereocenters. The second-order valence-corrected chi connectivity index (χ2v) is 4.43. The zero-order valence-corrected chi connectivity index (χ0v) is 7.84. The Balaban J connectivity index is 4.10. The minimum absolute atomic E-state index is 0.500. The molecule has 0 aliphatic rings. The molecule has 0 amide bonds. The first-order valence-electron chi connectivity index (χ1n) is 3.18. The van der Waals surface area contributed by atoms with Gasteiger partial charge in [-0.15, -0.1) is 23.2 Å². The van der Waals surface area contributed by atoms with Crippen LogP contribution in [0.1, 0.15) is 20.3 Å². The van der Waals surface area contributed by atoms with E-state index in [0.717, 1.165) is 0 Å². The highest BCUT2D eigenvalue weighted by Gasteiger charge is 2.37. The van der Waals surface area contributed by atoms with E-state index in [0.29, 0.717) is 13.0 Å².